The average molecular weight is 266 g/mol. The quantitative estimate of drug-likeness (QED) is 0.821. The summed E-state index contributed by atoms with van der Waals surface area (Å²) in [6.45, 7) is 8.50. The molecule has 2 N–H and O–H groups in total. The smallest absolute Gasteiger partial charge is 0.226 e. The van der Waals surface area contributed by atoms with Gasteiger partial charge in [-0.15, -0.1) is 0 Å². The van der Waals surface area contributed by atoms with Gasteiger partial charge in [0, 0.05) is 11.5 Å². The minimum atomic E-state index is -0.250. The van der Waals surface area contributed by atoms with Crippen molar-refractivity contribution in [2.75, 3.05) is 13.1 Å². The molecule has 2 fully saturated rings. The highest BCUT2D eigenvalue weighted by Crippen LogP contribution is 2.33. The molecule has 2 rings (SSSR count). The van der Waals surface area contributed by atoms with Gasteiger partial charge in [-0.05, 0) is 57.5 Å². The van der Waals surface area contributed by atoms with Crippen molar-refractivity contribution in [2.24, 2.45) is 17.3 Å². The molecule has 3 nitrogen and oxygen atoms in total. The van der Waals surface area contributed by atoms with Gasteiger partial charge in [0.05, 0.1) is 0 Å². The number of carbonyl (C=O) groups excluding carboxylic acids is 1. The molecule has 1 saturated carbocycles. The van der Waals surface area contributed by atoms with Crippen LogP contribution in [0.1, 0.15) is 59.3 Å². The molecule has 1 aliphatic carbocycles. The Hall–Kier alpha value is -0.570. The van der Waals surface area contributed by atoms with Crippen LogP contribution in [0.3, 0.4) is 0 Å². The Kier molecular flexibility index (Phi) is 4.88. The van der Waals surface area contributed by atoms with E-state index in [1.54, 1.807) is 0 Å². The van der Waals surface area contributed by atoms with Crippen LogP contribution in [-0.2, 0) is 4.79 Å². The van der Waals surface area contributed by atoms with Crippen LogP contribution < -0.4 is 10.6 Å². The van der Waals surface area contributed by atoms with E-state index in [1.807, 2.05) is 0 Å². The van der Waals surface area contributed by atoms with Crippen molar-refractivity contribution in [1.82, 2.24) is 10.6 Å². The summed E-state index contributed by atoms with van der Waals surface area (Å²) in [5.41, 5.74) is -0.250. The Bertz CT molecular complexity index is 302. The summed E-state index contributed by atoms with van der Waals surface area (Å²) in [4.78, 5) is 12.6. The molecular weight excluding hydrogens is 236 g/mol. The van der Waals surface area contributed by atoms with Gasteiger partial charge in [0.15, 0.2) is 0 Å². The second-order valence-corrected chi connectivity index (χ2v) is 7.07. The van der Waals surface area contributed by atoms with Gasteiger partial charge in [-0.1, -0.05) is 26.7 Å². The van der Waals surface area contributed by atoms with Gasteiger partial charge in [-0.3, -0.25) is 4.79 Å². The molecule has 3 heteroatoms. The molecule has 0 radical (unpaired) electrons. The highest BCUT2D eigenvalue weighted by Gasteiger charge is 2.38. The number of nitrogens with one attached hydrogen (secondary N) is 2. The highest BCUT2D eigenvalue weighted by molar-refractivity contribution is 5.82. The summed E-state index contributed by atoms with van der Waals surface area (Å²) in [7, 11) is 0. The molecule has 0 spiro atoms. The van der Waals surface area contributed by atoms with E-state index in [4.69, 9.17) is 0 Å². The van der Waals surface area contributed by atoms with E-state index in [9.17, 15) is 4.79 Å². The molecule has 2 aliphatic rings. The fourth-order valence-electron chi connectivity index (χ4n) is 3.62. The minimum absolute atomic E-state index is 0.250. The third-order valence-corrected chi connectivity index (χ3v) is 5.37. The summed E-state index contributed by atoms with van der Waals surface area (Å²) in [5.74, 6) is 1.42. The van der Waals surface area contributed by atoms with Crippen LogP contribution in [0.4, 0.5) is 0 Å². The monoisotopic (exact) mass is 266 g/mol. The Morgan fingerprint density at radius 1 is 1.21 bits per heavy atom. The fourth-order valence-corrected chi connectivity index (χ4v) is 3.62. The van der Waals surface area contributed by atoms with Crippen molar-refractivity contribution in [1.29, 1.82) is 0 Å². The molecule has 1 aliphatic heterocycles. The number of rotatable bonds is 4. The lowest BCUT2D eigenvalue weighted by Gasteiger charge is -2.37. The summed E-state index contributed by atoms with van der Waals surface area (Å²) < 4.78 is 0. The van der Waals surface area contributed by atoms with Crippen LogP contribution in [0.15, 0.2) is 0 Å². The SMILES string of the molecule is C[C@H](NC(=O)C(C)(C)C1CCCNC1)C1CCCC1. The zero-order valence-corrected chi connectivity index (χ0v) is 12.8. The first-order valence-corrected chi connectivity index (χ1v) is 8.03. The van der Waals surface area contributed by atoms with E-state index in [1.165, 1.54) is 38.5 Å². The topological polar surface area (TPSA) is 41.1 Å². The molecule has 2 atom stereocenters. The van der Waals surface area contributed by atoms with Crippen molar-refractivity contribution in [2.45, 2.75) is 65.3 Å². The average Bonchev–Trinajstić information content (AvgIpc) is 2.93. The second-order valence-electron chi connectivity index (χ2n) is 7.07. The first-order chi connectivity index (χ1) is 9.01. The number of hydrogen-bond donors (Lipinski definition) is 2. The molecule has 19 heavy (non-hydrogen) atoms. The maximum absolute atomic E-state index is 12.6. The lowest BCUT2D eigenvalue weighted by Crippen LogP contribution is -2.50. The van der Waals surface area contributed by atoms with Gasteiger partial charge in [-0.2, -0.15) is 0 Å². The molecule has 1 heterocycles. The van der Waals surface area contributed by atoms with Crippen LogP contribution >= 0.6 is 0 Å². The number of amides is 1. The van der Waals surface area contributed by atoms with Crippen molar-refractivity contribution in [3.05, 3.63) is 0 Å². The van der Waals surface area contributed by atoms with Crippen molar-refractivity contribution in [3.63, 3.8) is 0 Å². The lowest BCUT2D eigenvalue weighted by atomic mass is 9.74. The Labute approximate surface area is 117 Å². The van der Waals surface area contributed by atoms with Crippen molar-refractivity contribution in [3.8, 4) is 0 Å². The van der Waals surface area contributed by atoms with Crippen LogP contribution in [0.2, 0.25) is 0 Å². The number of piperidine rings is 1. The van der Waals surface area contributed by atoms with Crippen LogP contribution in [0.25, 0.3) is 0 Å². The van der Waals surface area contributed by atoms with Gasteiger partial charge < -0.3 is 10.6 Å². The third kappa shape index (κ3) is 3.50. The van der Waals surface area contributed by atoms with E-state index in [2.05, 4.69) is 31.4 Å². The molecule has 110 valence electrons. The molecule has 1 saturated heterocycles. The maximum atomic E-state index is 12.6. The van der Waals surface area contributed by atoms with Gasteiger partial charge in [0.2, 0.25) is 5.91 Å². The van der Waals surface area contributed by atoms with E-state index in [-0.39, 0.29) is 11.3 Å². The van der Waals surface area contributed by atoms with Gasteiger partial charge >= 0.3 is 0 Å². The van der Waals surface area contributed by atoms with Crippen LogP contribution in [-0.4, -0.2) is 25.0 Å². The highest BCUT2D eigenvalue weighted by atomic mass is 16.2. The molecule has 0 bridgehead atoms. The molecule has 0 aromatic carbocycles. The lowest BCUT2D eigenvalue weighted by molar-refractivity contribution is -0.133. The fraction of sp³-hybridized carbons (Fsp3) is 0.938. The molecular formula is C16H30N2O. The van der Waals surface area contributed by atoms with Gasteiger partial charge in [0.25, 0.3) is 0 Å². The first kappa shape index (κ1) is 14.8. The predicted octanol–water partition coefficient (Wildman–Crippen LogP) is 2.71. The van der Waals surface area contributed by atoms with Crippen molar-refractivity contribution >= 4 is 5.91 Å². The molecule has 1 unspecified atom stereocenters. The zero-order valence-electron chi connectivity index (χ0n) is 12.8. The normalized spacial score (nSPS) is 27.2. The summed E-state index contributed by atoms with van der Waals surface area (Å²) >= 11 is 0. The van der Waals surface area contributed by atoms with E-state index >= 15 is 0 Å². The Balaban J connectivity index is 1.89. The summed E-state index contributed by atoms with van der Waals surface area (Å²) in [5, 5.41) is 6.72. The Morgan fingerprint density at radius 3 is 2.47 bits per heavy atom. The van der Waals surface area contributed by atoms with E-state index in [0.717, 1.165) is 13.1 Å². The standard InChI is InChI=1S/C16H30N2O/c1-12(13-7-4-5-8-13)18-15(19)16(2,3)14-9-6-10-17-11-14/h12-14,17H,4-11H2,1-3H3,(H,18,19)/t12-,14?/m0/s1. The van der Waals surface area contributed by atoms with E-state index in [0.29, 0.717) is 17.9 Å². The predicted molar refractivity (Wildman–Crippen MR) is 78.9 cm³/mol. The zero-order chi connectivity index (χ0) is 13.9. The summed E-state index contributed by atoms with van der Waals surface area (Å²) in [6, 6.07) is 0.339. The number of hydrogen-bond acceptors (Lipinski definition) is 2. The Morgan fingerprint density at radius 2 is 1.89 bits per heavy atom. The largest absolute Gasteiger partial charge is 0.353 e. The molecule has 0 aromatic heterocycles. The third-order valence-electron chi connectivity index (χ3n) is 5.37. The maximum Gasteiger partial charge on any atom is 0.226 e. The summed E-state index contributed by atoms with van der Waals surface area (Å²) in [6.07, 6.45) is 7.60. The first-order valence-electron chi connectivity index (χ1n) is 8.03. The molecule has 1 amide bonds. The van der Waals surface area contributed by atoms with E-state index < -0.39 is 0 Å². The van der Waals surface area contributed by atoms with Gasteiger partial charge in [-0.25, -0.2) is 0 Å². The van der Waals surface area contributed by atoms with Crippen LogP contribution in [0.5, 0.6) is 0 Å². The molecule has 0 aromatic rings. The second kappa shape index (κ2) is 6.25. The minimum Gasteiger partial charge on any atom is -0.353 e. The van der Waals surface area contributed by atoms with Gasteiger partial charge in [0.1, 0.15) is 0 Å². The van der Waals surface area contributed by atoms with Crippen molar-refractivity contribution < 1.29 is 4.79 Å². The number of carbonyl (C=O) groups is 1. The van der Waals surface area contributed by atoms with Crippen LogP contribution in [0, 0.1) is 17.3 Å².